The van der Waals surface area contributed by atoms with E-state index in [0.717, 1.165) is 30.5 Å². The van der Waals surface area contributed by atoms with Gasteiger partial charge in [0, 0.05) is 18.2 Å². The van der Waals surface area contributed by atoms with Gasteiger partial charge in [0.1, 0.15) is 5.75 Å². The Morgan fingerprint density at radius 2 is 1.42 bits per heavy atom. The second-order valence-electron chi connectivity index (χ2n) is 7.14. The second-order valence-corrected chi connectivity index (χ2v) is 7.14. The summed E-state index contributed by atoms with van der Waals surface area (Å²) in [6.07, 6.45) is -4.14. The average Bonchev–Trinajstić information content (AvgIpc) is 2.76. The lowest BCUT2D eigenvalue weighted by Gasteiger charge is -2.19. The van der Waals surface area contributed by atoms with Crippen LogP contribution in [0.4, 0.5) is 26.3 Å². The summed E-state index contributed by atoms with van der Waals surface area (Å²) in [5, 5.41) is 0. The monoisotopic (exact) mass is 466 g/mol. The first-order valence-electron chi connectivity index (χ1n) is 10.1. The van der Waals surface area contributed by atoms with Gasteiger partial charge in [0.2, 0.25) is 0 Å². The zero-order valence-corrected chi connectivity index (χ0v) is 17.5. The minimum Gasteiger partial charge on any atom is -0.459 e. The highest BCUT2D eigenvalue weighted by Gasteiger charge is 2.35. The molecular formula is C25H20F6O2. The summed E-state index contributed by atoms with van der Waals surface area (Å²) in [5.41, 5.74) is 2.23. The van der Waals surface area contributed by atoms with Crippen LogP contribution in [0.2, 0.25) is 0 Å². The minimum atomic E-state index is -3.89. The highest BCUT2D eigenvalue weighted by Crippen LogP contribution is 2.35. The molecule has 0 amide bonds. The number of rotatable bonds is 9. The van der Waals surface area contributed by atoms with E-state index in [1.165, 1.54) is 17.7 Å². The number of allylic oxidation sites excluding steroid dienone is 1. The molecule has 0 aromatic heterocycles. The van der Waals surface area contributed by atoms with Gasteiger partial charge in [-0.05, 0) is 35.2 Å². The molecule has 0 atom stereocenters. The van der Waals surface area contributed by atoms with Gasteiger partial charge in [-0.15, -0.1) is 0 Å². The Hall–Kier alpha value is -3.42. The molecule has 2 nitrogen and oxygen atoms in total. The van der Waals surface area contributed by atoms with E-state index >= 15 is 0 Å². The Morgan fingerprint density at radius 3 is 1.94 bits per heavy atom. The summed E-state index contributed by atoms with van der Waals surface area (Å²) in [6, 6.07) is 14.0. The maximum absolute atomic E-state index is 14.6. The number of halogens is 6. The van der Waals surface area contributed by atoms with Crippen molar-refractivity contribution in [2.75, 3.05) is 0 Å². The largest absolute Gasteiger partial charge is 0.459 e. The molecule has 3 aromatic rings. The van der Waals surface area contributed by atoms with Crippen LogP contribution in [0.25, 0.3) is 11.1 Å². The summed E-state index contributed by atoms with van der Waals surface area (Å²) >= 11 is 0. The lowest BCUT2D eigenvalue weighted by Crippen LogP contribution is -2.22. The van der Waals surface area contributed by atoms with Gasteiger partial charge >= 0.3 is 6.11 Å². The van der Waals surface area contributed by atoms with Crippen LogP contribution in [0.3, 0.4) is 0 Å². The molecule has 0 N–H and O–H groups in total. The van der Waals surface area contributed by atoms with Crippen LogP contribution in [-0.4, -0.2) is 6.43 Å². The van der Waals surface area contributed by atoms with Crippen molar-refractivity contribution >= 4 is 0 Å². The molecule has 8 heteroatoms. The quantitative estimate of drug-likeness (QED) is 0.236. The first-order valence-corrected chi connectivity index (χ1v) is 10.1. The van der Waals surface area contributed by atoms with Gasteiger partial charge in [0.25, 0.3) is 6.43 Å². The van der Waals surface area contributed by atoms with E-state index < -0.39 is 41.2 Å². The molecule has 174 valence electrons. The van der Waals surface area contributed by atoms with Gasteiger partial charge < -0.3 is 9.47 Å². The van der Waals surface area contributed by atoms with E-state index in [1.54, 1.807) is 0 Å². The highest BCUT2D eigenvalue weighted by molar-refractivity contribution is 5.64. The molecule has 0 saturated carbocycles. The molecule has 0 aliphatic heterocycles. The Bertz CT molecular complexity index is 1070. The molecular weight excluding hydrogens is 446 g/mol. The fourth-order valence-corrected chi connectivity index (χ4v) is 3.09. The van der Waals surface area contributed by atoms with Crippen LogP contribution in [0, 0.1) is 11.6 Å². The van der Waals surface area contributed by atoms with Crippen molar-refractivity contribution in [3.63, 3.8) is 0 Å². The normalized spacial score (nSPS) is 11.9. The predicted molar refractivity (Wildman–Crippen MR) is 113 cm³/mol. The van der Waals surface area contributed by atoms with Crippen molar-refractivity contribution in [1.29, 1.82) is 0 Å². The van der Waals surface area contributed by atoms with Gasteiger partial charge in [-0.3, -0.25) is 0 Å². The number of alkyl halides is 4. The fraction of sp³-hybridized carbons (Fsp3) is 0.200. The summed E-state index contributed by atoms with van der Waals surface area (Å²) in [7, 11) is 0. The number of hydrogen-bond donors (Lipinski definition) is 0. The number of ether oxygens (including phenoxy) is 2. The second kappa shape index (κ2) is 10.5. The summed E-state index contributed by atoms with van der Waals surface area (Å²) in [4.78, 5) is 0. The van der Waals surface area contributed by atoms with Crippen LogP contribution in [-0.2, 0) is 12.5 Å². The van der Waals surface area contributed by atoms with Crippen LogP contribution in [0.1, 0.15) is 24.5 Å². The van der Waals surface area contributed by atoms with Gasteiger partial charge in [-0.25, -0.2) is 17.6 Å². The molecule has 0 bridgehead atoms. The van der Waals surface area contributed by atoms with E-state index in [0.29, 0.717) is 24.0 Å². The molecule has 3 rings (SSSR count). The van der Waals surface area contributed by atoms with Crippen molar-refractivity contribution in [1.82, 2.24) is 0 Å². The van der Waals surface area contributed by atoms with E-state index in [-0.39, 0.29) is 6.08 Å². The molecule has 0 spiro atoms. The molecule has 0 saturated heterocycles. The van der Waals surface area contributed by atoms with Crippen LogP contribution < -0.4 is 9.47 Å². The lowest BCUT2D eigenvalue weighted by molar-refractivity contribution is -0.185. The van der Waals surface area contributed by atoms with Gasteiger partial charge in [-0.1, -0.05) is 49.7 Å². The van der Waals surface area contributed by atoms with Crippen molar-refractivity contribution in [2.45, 2.75) is 32.3 Å². The minimum absolute atomic E-state index is 0.265. The Balaban J connectivity index is 1.74. The summed E-state index contributed by atoms with van der Waals surface area (Å²) in [6.45, 7) is 2.08. The molecule has 33 heavy (non-hydrogen) atoms. The van der Waals surface area contributed by atoms with E-state index in [4.69, 9.17) is 0 Å². The number of aryl methyl sites for hydroxylation is 1. The summed E-state index contributed by atoms with van der Waals surface area (Å²) < 4.78 is 90.3. The molecule has 0 unspecified atom stereocenters. The van der Waals surface area contributed by atoms with Gasteiger partial charge in [0.15, 0.2) is 17.4 Å². The first kappa shape index (κ1) is 24.2. The zero-order valence-electron chi connectivity index (χ0n) is 17.5. The summed E-state index contributed by atoms with van der Waals surface area (Å²) in [5.74, 6) is -4.59. The third-order valence-corrected chi connectivity index (χ3v) is 4.67. The number of hydrogen-bond acceptors (Lipinski definition) is 2. The van der Waals surface area contributed by atoms with Crippen molar-refractivity contribution in [3.8, 4) is 22.6 Å². The Kier molecular flexibility index (Phi) is 7.68. The molecule has 0 heterocycles. The highest BCUT2D eigenvalue weighted by atomic mass is 19.3. The molecule has 3 aromatic carbocycles. The van der Waals surface area contributed by atoms with Crippen LogP contribution in [0.15, 0.2) is 73.0 Å². The maximum Gasteiger partial charge on any atom is 0.426 e. The molecule has 0 aliphatic carbocycles. The topological polar surface area (TPSA) is 18.5 Å². The van der Waals surface area contributed by atoms with E-state index in [1.807, 2.05) is 24.3 Å². The van der Waals surface area contributed by atoms with Crippen molar-refractivity contribution in [3.05, 3.63) is 95.8 Å². The average molecular weight is 466 g/mol. The standard InChI is InChI=1S/C25H20F6O2/c1-2-3-16-4-6-17(7-5-16)18-8-10-19(11-9-18)25(30,31)33-20-14-21(26)24(22(27)15-20)32-13-12-23(28)29/h4-15,23H,2-3H2,1H3. The van der Waals surface area contributed by atoms with Crippen LogP contribution in [0.5, 0.6) is 11.5 Å². The fourth-order valence-electron chi connectivity index (χ4n) is 3.09. The van der Waals surface area contributed by atoms with Crippen LogP contribution >= 0.6 is 0 Å². The predicted octanol–water partition coefficient (Wildman–Crippen LogP) is 7.87. The zero-order chi connectivity index (χ0) is 24.0. The van der Waals surface area contributed by atoms with Crippen molar-refractivity contribution in [2.24, 2.45) is 0 Å². The van der Waals surface area contributed by atoms with E-state index in [9.17, 15) is 26.3 Å². The Labute approximate surface area is 187 Å². The lowest BCUT2D eigenvalue weighted by atomic mass is 10.0. The third-order valence-electron chi connectivity index (χ3n) is 4.67. The van der Waals surface area contributed by atoms with Crippen molar-refractivity contribution < 1.29 is 35.8 Å². The molecule has 0 aliphatic rings. The molecule has 0 fully saturated rings. The maximum atomic E-state index is 14.6. The number of benzene rings is 3. The Morgan fingerprint density at radius 1 is 0.879 bits per heavy atom. The van der Waals surface area contributed by atoms with Gasteiger partial charge in [-0.2, -0.15) is 8.78 Å². The van der Waals surface area contributed by atoms with E-state index in [2.05, 4.69) is 16.4 Å². The van der Waals surface area contributed by atoms with Gasteiger partial charge in [0.05, 0.1) is 11.8 Å². The smallest absolute Gasteiger partial charge is 0.426 e. The molecule has 0 radical (unpaired) electrons. The third kappa shape index (κ3) is 6.31. The SMILES string of the molecule is CCCc1ccc(-c2ccc(C(F)(F)Oc3cc(F)c(OC=CC(F)F)c(F)c3)cc2)cc1. The first-order chi connectivity index (χ1) is 15.7.